The van der Waals surface area contributed by atoms with Gasteiger partial charge in [0.05, 0.1) is 5.41 Å². The summed E-state index contributed by atoms with van der Waals surface area (Å²) in [6.07, 6.45) is 0. The van der Waals surface area contributed by atoms with Crippen LogP contribution in [0.15, 0.2) is 24.3 Å². The van der Waals surface area contributed by atoms with Gasteiger partial charge in [-0.2, -0.15) is 0 Å². The van der Waals surface area contributed by atoms with Crippen LogP contribution in [0.4, 0.5) is 5.69 Å². The maximum absolute atomic E-state index is 2.29. The molecule has 1 aromatic rings. The molecule has 0 radical (unpaired) electrons. The van der Waals surface area contributed by atoms with E-state index in [-0.39, 0.29) is 29.4 Å². The van der Waals surface area contributed by atoms with Gasteiger partial charge in [-0.05, 0) is 13.8 Å². The van der Waals surface area contributed by atoms with Gasteiger partial charge < -0.3 is 24.0 Å². The van der Waals surface area contributed by atoms with Gasteiger partial charge in [-0.15, -0.1) is 0 Å². The molecule has 1 aromatic carbocycles. The number of para-hydroxylation sites is 1. The van der Waals surface area contributed by atoms with E-state index in [9.17, 15) is 0 Å². The summed E-state index contributed by atoms with van der Waals surface area (Å²) in [5.41, 5.74) is 4.42. The molecule has 2 heteroatoms. The Morgan fingerprint density at radius 2 is 1.71 bits per heavy atom. The number of benzene rings is 1. The van der Waals surface area contributed by atoms with Crippen molar-refractivity contribution in [3.05, 3.63) is 29.8 Å². The second-order valence-electron chi connectivity index (χ2n) is 4.29. The van der Waals surface area contributed by atoms with Gasteiger partial charge in [0.25, 0.3) is 0 Å². The molecule has 1 nitrogen and oxygen atoms in total. The standard InChI is InChI=1S/C12H16N.HI/c1-9-12(2,3)10-7-5-6-8-11(10)13(9)4;/h5-8H,1-4H3;1H/q+1;/p-1. The highest BCUT2D eigenvalue weighted by molar-refractivity contribution is 5.93. The fraction of sp³-hybridized carbons (Fsp3) is 0.417. The highest BCUT2D eigenvalue weighted by atomic mass is 127. The molecular weight excluding hydrogens is 285 g/mol. The van der Waals surface area contributed by atoms with Gasteiger partial charge in [-0.25, -0.2) is 4.58 Å². The fourth-order valence-electron chi connectivity index (χ4n) is 2.09. The number of nitrogens with zero attached hydrogens (tertiary/aromatic N) is 1. The highest BCUT2D eigenvalue weighted by Gasteiger charge is 2.40. The normalized spacial score (nSPS) is 17.7. The predicted octanol–water partition coefficient (Wildman–Crippen LogP) is -0.283. The zero-order valence-electron chi connectivity index (χ0n) is 9.13. The molecule has 0 saturated heterocycles. The third kappa shape index (κ3) is 1.40. The Kier molecular flexibility index (Phi) is 3.04. The lowest BCUT2D eigenvalue weighted by Gasteiger charge is -2.14. The summed E-state index contributed by atoms with van der Waals surface area (Å²) in [5, 5.41) is 0. The molecule has 0 amide bonds. The summed E-state index contributed by atoms with van der Waals surface area (Å²) in [6, 6.07) is 8.63. The smallest absolute Gasteiger partial charge is 0.209 e. The van der Waals surface area contributed by atoms with E-state index in [1.165, 1.54) is 17.0 Å². The summed E-state index contributed by atoms with van der Waals surface area (Å²) >= 11 is 0. The molecular formula is C12H16IN. The van der Waals surface area contributed by atoms with Crippen molar-refractivity contribution in [1.29, 1.82) is 0 Å². The quantitative estimate of drug-likeness (QED) is 0.458. The molecule has 0 fully saturated rings. The van der Waals surface area contributed by atoms with Crippen molar-refractivity contribution in [2.45, 2.75) is 26.2 Å². The SMILES string of the molecule is CC1=[N+](C)c2ccccc2C1(C)C.[I-]. The van der Waals surface area contributed by atoms with Crippen LogP contribution in [0.25, 0.3) is 0 Å². The van der Waals surface area contributed by atoms with E-state index in [0.29, 0.717) is 0 Å². The van der Waals surface area contributed by atoms with Gasteiger partial charge >= 0.3 is 0 Å². The molecule has 0 aromatic heterocycles. The Hall–Kier alpha value is -0.380. The number of halogens is 1. The Labute approximate surface area is 103 Å². The molecule has 2 rings (SSSR count). The van der Waals surface area contributed by atoms with Crippen LogP contribution in [-0.4, -0.2) is 17.3 Å². The van der Waals surface area contributed by atoms with Crippen LogP contribution in [0.3, 0.4) is 0 Å². The first kappa shape index (κ1) is 11.7. The molecule has 0 aliphatic carbocycles. The molecule has 1 aliphatic rings. The first-order valence-corrected chi connectivity index (χ1v) is 4.72. The molecule has 0 spiro atoms. The molecule has 0 bridgehead atoms. The summed E-state index contributed by atoms with van der Waals surface area (Å²) < 4.78 is 2.29. The molecule has 0 N–H and O–H groups in total. The summed E-state index contributed by atoms with van der Waals surface area (Å²) in [5.74, 6) is 0. The number of hydrogen-bond donors (Lipinski definition) is 0. The van der Waals surface area contributed by atoms with Crippen LogP contribution in [0.5, 0.6) is 0 Å². The van der Waals surface area contributed by atoms with E-state index in [0.717, 1.165) is 0 Å². The zero-order chi connectivity index (χ0) is 9.64. The highest BCUT2D eigenvalue weighted by Crippen LogP contribution is 2.38. The van der Waals surface area contributed by atoms with Gasteiger partial charge in [-0.3, -0.25) is 0 Å². The molecule has 1 heterocycles. The van der Waals surface area contributed by atoms with E-state index >= 15 is 0 Å². The van der Waals surface area contributed by atoms with Crippen LogP contribution in [0, 0.1) is 0 Å². The molecule has 1 aliphatic heterocycles. The average molecular weight is 301 g/mol. The van der Waals surface area contributed by atoms with E-state index in [4.69, 9.17) is 0 Å². The van der Waals surface area contributed by atoms with Gasteiger partial charge in [0.1, 0.15) is 7.05 Å². The Morgan fingerprint density at radius 1 is 1.14 bits per heavy atom. The van der Waals surface area contributed by atoms with Crippen LogP contribution in [-0.2, 0) is 5.41 Å². The van der Waals surface area contributed by atoms with Crippen LogP contribution < -0.4 is 24.0 Å². The number of fused-ring (bicyclic) bond motifs is 1. The summed E-state index contributed by atoms with van der Waals surface area (Å²) in [7, 11) is 2.14. The molecule has 76 valence electrons. The molecule has 14 heavy (non-hydrogen) atoms. The lowest BCUT2D eigenvalue weighted by atomic mass is 9.82. The van der Waals surface area contributed by atoms with E-state index in [1.807, 2.05) is 0 Å². The second kappa shape index (κ2) is 3.65. The van der Waals surface area contributed by atoms with Crippen molar-refractivity contribution in [1.82, 2.24) is 0 Å². The minimum atomic E-state index is 0. The third-order valence-electron chi connectivity index (χ3n) is 3.35. The Balaban J connectivity index is 0.000000980. The molecule has 0 atom stereocenters. The van der Waals surface area contributed by atoms with E-state index in [1.54, 1.807) is 0 Å². The minimum Gasteiger partial charge on any atom is -1.00 e. The zero-order valence-corrected chi connectivity index (χ0v) is 11.3. The Bertz CT molecular complexity index is 391. The first-order valence-electron chi connectivity index (χ1n) is 4.72. The van der Waals surface area contributed by atoms with Gasteiger partial charge in [0.2, 0.25) is 5.69 Å². The van der Waals surface area contributed by atoms with Crippen molar-refractivity contribution < 1.29 is 28.6 Å². The average Bonchev–Trinajstić information content (AvgIpc) is 2.30. The second-order valence-corrected chi connectivity index (χ2v) is 4.29. The van der Waals surface area contributed by atoms with Crippen LogP contribution in [0.1, 0.15) is 26.3 Å². The third-order valence-corrected chi connectivity index (χ3v) is 3.35. The van der Waals surface area contributed by atoms with Crippen molar-refractivity contribution in [2.75, 3.05) is 7.05 Å². The summed E-state index contributed by atoms with van der Waals surface area (Å²) in [6.45, 7) is 6.77. The number of rotatable bonds is 0. The van der Waals surface area contributed by atoms with Crippen LogP contribution in [0.2, 0.25) is 0 Å². The summed E-state index contributed by atoms with van der Waals surface area (Å²) in [4.78, 5) is 0. The van der Waals surface area contributed by atoms with Crippen molar-refractivity contribution in [2.24, 2.45) is 0 Å². The van der Waals surface area contributed by atoms with Crippen molar-refractivity contribution >= 4 is 11.4 Å². The monoisotopic (exact) mass is 301 g/mol. The fourth-order valence-corrected chi connectivity index (χ4v) is 2.09. The first-order chi connectivity index (χ1) is 6.05. The van der Waals surface area contributed by atoms with Crippen molar-refractivity contribution in [3.63, 3.8) is 0 Å². The van der Waals surface area contributed by atoms with E-state index in [2.05, 4.69) is 56.7 Å². The largest absolute Gasteiger partial charge is 1.00 e. The minimum absolute atomic E-state index is 0. The van der Waals surface area contributed by atoms with Gasteiger partial charge in [-0.1, -0.05) is 18.2 Å². The van der Waals surface area contributed by atoms with E-state index < -0.39 is 0 Å². The molecule has 0 saturated carbocycles. The van der Waals surface area contributed by atoms with Crippen LogP contribution >= 0.6 is 0 Å². The molecule has 0 unspecified atom stereocenters. The maximum Gasteiger partial charge on any atom is 0.209 e. The van der Waals surface area contributed by atoms with Gasteiger partial charge in [0.15, 0.2) is 5.71 Å². The predicted molar refractivity (Wildman–Crippen MR) is 56.0 cm³/mol. The Morgan fingerprint density at radius 3 is 2.29 bits per heavy atom. The number of hydrogen-bond acceptors (Lipinski definition) is 0. The maximum atomic E-state index is 2.29. The lowest BCUT2D eigenvalue weighted by Crippen LogP contribution is -3.00. The lowest BCUT2D eigenvalue weighted by molar-refractivity contribution is -0.403. The van der Waals surface area contributed by atoms with Gasteiger partial charge in [0, 0.05) is 18.6 Å². The van der Waals surface area contributed by atoms with Crippen molar-refractivity contribution in [3.8, 4) is 0 Å². The topological polar surface area (TPSA) is 3.01 Å².